The molecule has 0 atom stereocenters. The van der Waals surface area contributed by atoms with E-state index in [4.69, 9.17) is 9.15 Å². The zero-order chi connectivity index (χ0) is 13.2. The summed E-state index contributed by atoms with van der Waals surface area (Å²) in [5.74, 6) is 1.85. The predicted octanol–water partition coefficient (Wildman–Crippen LogP) is 4.67. The summed E-state index contributed by atoms with van der Waals surface area (Å²) in [5.41, 5.74) is 2.60. The molecule has 18 heavy (non-hydrogen) atoms. The largest absolute Gasteiger partial charge is 0.496 e. The van der Waals surface area contributed by atoms with Crippen LogP contribution >= 0.6 is 0 Å². The van der Waals surface area contributed by atoms with Crippen molar-refractivity contribution < 1.29 is 9.15 Å². The molecule has 1 aromatic heterocycles. The lowest BCUT2D eigenvalue weighted by molar-refractivity contribution is 0.302. The predicted molar refractivity (Wildman–Crippen MR) is 74.3 cm³/mol. The summed E-state index contributed by atoms with van der Waals surface area (Å²) in [7, 11) is 1.73. The molecule has 2 heteroatoms. The molecule has 0 fully saturated rings. The summed E-state index contributed by atoms with van der Waals surface area (Å²) in [6.45, 7) is 6.57. The topological polar surface area (TPSA) is 22.4 Å². The minimum atomic E-state index is 0.0851. The fourth-order valence-corrected chi connectivity index (χ4v) is 2.35. The molecule has 1 aliphatic carbocycles. The quantitative estimate of drug-likeness (QED) is 0.723. The van der Waals surface area contributed by atoms with Crippen molar-refractivity contribution in [2.75, 3.05) is 7.11 Å². The van der Waals surface area contributed by atoms with Gasteiger partial charge in [-0.05, 0) is 36.3 Å². The molecule has 0 aliphatic heterocycles. The van der Waals surface area contributed by atoms with Gasteiger partial charge in [-0.3, -0.25) is 0 Å². The van der Waals surface area contributed by atoms with E-state index in [1.165, 1.54) is 17.6 Å². The van der Waals surface area contributed by atoms with Crippen LogP contribution in [0.4, 0.5) is 0 Å². The highest BCUT2D eigenvalue weighted by Gasteiger charge is 2.20. The third kappa shape index (κ3) is 2.69. The zero-order valence-corrected chi connectivity index (χ0v) is 11.7. The van der Waals surface area contributed by atoms with E-state index < -0.39 is 0 Å². The molecule has 0 N–H and O–H groups in total. The standard InChI is InChI=1S/C16H22O2/c1-16(2,3)13-9-10-18-15(13)11-14(17-4)12-7-5-6-8-12/h7,9-11H,5-6,8H2,1-4H3/b14-11-. The molecule has 2 rings (SSSR count). The fourth-order valence-electron chi connectivity index (χ4n) is 2.35. The van der Waals surface area contributed by atoms with E-state index in [-0.39, 0.29) is 5.41 Å². The molecule has 2 nitrogen and oxygen atoms in total. The van der Waals surface area contributed by atoms with E-state index in [1.807, 2.05) is 12.1 Å². The molecule has 98 valence electrons. The Morgan fingerprint density at radius 3 is 2.72 bits per heavy atom. The van der Waals surface area contributed by atoms with Crippen molar-refractivity contribution in [2.24, 2.45) is 0 Å². The van der Waals surface area contributed by atoms with Crippen molar-refractivity contribution in [1.82, 2.24) is 0 Å². The van der Waals surface area contributed by atoms with Crippen molar-refractivity contribution in [3.63, 3.8) is 0 Å². The molecule has 0 amide bonds. The maximum Gasteiger partial charge on any atom is 0.134 e. The normalized spacial score (nSPS) is 16.9. The van der Waals surface area contributed by atoms with E-state index in [1.54, 1.807) is 13.4 Å². The third-order valence-corrected chi connectivity index (χ3v) is 3.34. The van der Waals surface area contributed by atoms with Crippen LogP contribution in [-0.4, -0.2) is 7.11 Å². The van der Waals surface area contributed by atoms with Gasteiger partial charge in [0.1, 0.15) is 11.5 Å². The second-order valence-electron chi connectivity index (χ2n) is 5.78. The smallest absolute Gasteiger partial charge is 0.134 e. The molecule has 0 radical (unpaired) electrons. The highest BCUT2D eigenvalue weighted by molar-refractivity contribution is 5.56. The first-order valence-corrected chi connectivity index (χ1v) is 6.55. The summed E-state index contributed by atoms with van der Waals surface area (Å²) < 4.78 is 11.1. The van der Waals surface area contributed by atoms with Gasteiger partial charge in [-0.15, -0.1) is 0 Å². The monoisotopic (exact) mass is 246 g/mol. The van der Waals surface area contributed by atoms with E-state index in [2.05, 4.69) is 26.8 Å². The summed E-state index contributed by atoms with van der Waals surface area (Å²) in [6, 6.07) is 2.04. The Morgan fingerprint density at radius 1 is 1.39 bits per heavy atom. The number of rotatable bonds is 3. The maximum absolute atomic E-state index is 5.60. The summed E-state index contributed by atoms with van der Waals surface area (Å²) in [6.07, 6.45) is 9.52. The van der Waals surface area contributed by atoms with Gasteiger partial charge in [-0.2, -0.15) is 0 Å². The molecule has 0 bridgehead atoms. The molecule has 0 unspecified atom stereocenters. The van der Waals surface area contributed by atoms with Crippen LogP contribution in [-0.2, 0) is 10.2 Å². The first-order chi connectivity index (χ1) is 8.52. The maximum atomic E-state index is 5.60. The zero-order valence-electron chi connectivity index (χ0n) is 11.7. The average Bonchev–Trinajstić information content (AvgIpc) is 2.95. The molecule has 1 aromatic rings. The highest BCUT2D eigenvalue weighted by atomic mass is 16.5. The van der Waals surface area contributed by atoms with Crippen molar-refractivity contribution in [3.05, 3.63) is 41.1 Å². The van der Waals surface area contributed by atoms with Gasteiger partial charge >= 0.3 is 0 Å². The summed E-state index contributed by atoms with van der Waals surface area (Å²) in [4.78, 5) is 0. The van der Waals surface area contributed by atoms with Crippen LogP contribution in [0.2, 0.25) is 0 Å². The molecule has 0 spiro atoms. The number of allylic oxidation sites excluding steroid dienone is 2. The molecular formula is C16H22O2. The Morgan fingerprint density at radius 2 is 2.17 bits per heavy atom. The number of methoxy groups -OCH3 is 1. The summed E-state index contributed by atoms with van der Waals surface area (Å²) in [5, 5.41) is 0. The highest BCUT2D eigenvalue weighted by Crippen LogP contribution is 2.31. The number of furan rings is 1. The fraction of sp³-hybridized carbons (Fsp3) is 0.500. The SMILES string of the molecule is CO/C(=C\c1occc1C(C)(C)C)C1=CCCC1. The Hall–Kier alpha value is -1.44. The van der Waals surface area contributed by atoms with Gasteiger partial charge in [0.25, 0.3) is 0 Å². The van der Waals surface area contributed by atoms with Crippen LogP contribution in [0.5, 0.6) is 0 Å². The van der Waals surface area contributed by atoms with Gasteiger partial charge in [0.2, 0.25) is 0 Å². The Balaban J connectivity index is 2.34. The van der Waals surface area contributed by atoms with Gasteiger partial charge in [0.05, 0.1) is 13.4 Å². The van der Waals surface area contributed by atoms with E-state index in [9.17, 15) is 0 Å². The minimum Gasteiger partial charge on any atom is -0.496 e. The second kappa shape index (κ2) is 5.05. The molecule has 0 aromatic carbocycles. The number of hydrogen-bond donors (Lipinski definition) is 0. The van der Waals surface area contributed by atoms with Crippen molar-refractivity contribution in [1.29, 1.82) is 0 Å². The third-order valence-electron chi connectivity index (χ3n) is 3.34. The molecule has 0 saturated heterocycles. The number of ether oxygens (including phenoxy) is 1. The van der Waals surface area contributed by atoms with Crippen LogP contribution in [0.15, 0.2) is 34.2 Å². The lowest BCUT2D eigenvalue weighted by atomic mass is 9.87. The Labute approximate surface area is 109 Å². The van der Waals surface area contributed by atoms with E-state index in [0.717, 1.165) is 24.4 Å². The van der Waals surface area contributed by atoms with E-state index in [0.29, 0.717) is 0 Å². The summed E-state index contributed by atoms with van der Waals surface area (Å²) >= 11 is 0. The average molecular weight is 246 g/mol. The molecule has 0 saturated carbocycles. The first-order valence-electron chi connectivity index (χ1n) is 6.55. The van der Waals surface area contributed by atoms with Crippen LogP contribution in [0.1, 0.15) is 51.4 Å². The molecule has 1 heterocycles. The van der Waals surface area contributed by atoms with Crippen LogP contribution in [0, 0.1) is 0 Å². The van der Waals surface area contributed by atoms with Crippen molar-refractivity contribution >= 4 is 6.08 Å². The van der Waals surface area contributed by atoms with Crippen molar-refractivity contribution in [3.8, 4) is 0 Å². The first kappa shape index (κ1) is 13.0. The second-order valence-corrected chi connectivity index (χ2v) is 5.78. The lowest BCUT2D eigenvalue weighted by Gasteiger charge is -2.17. The van der Waals surface area contributed by atoms with Crippen LogP contribution in [0.3, 0.4) is 0 Å². The van der Waals surface area contributed by atoms with Gasteiger partial charge in [0.15, 0.2) is 0 Å². The van der Waals surface area contributed by atoms with Gasteiger partial charge < -0.3 is 9.15 Å². The Bertz CT molecular complexity index is 470. The van der Waals surface area contributed by atoms with Crippen LogP contribution in [0.25, 0.3) is 6.08 Å². The van der Waals surface area contributed by atoms with E-state index >= 15 is 0 Å². The molecule has 1 aliphatic rings. The van der Waals surface area contributed by atoms with Crippen LogP contribution < -0.4 is 0 Å². The minimum absolute atomic E-state index is 0.0851. The van der Waals surface area contributed by atoms with Gasteiger partial charge in [-0.1, -0.05) is 26.8 Å². The molecular weight excluding hydrogens is 224 g/mol. The Kier molecular flexibility index (Phi) is 3.65. The van der Waals surface area contributed by atoms with Gasteiger partial charge in [-0.25, -0.2) is 0 Å². The van der Waals surface area contributed by atoms with Gasteiger partial charge in [0, 0.05) is 11.6 Å². The lowest BCUT2D eigenvalue weighted by Crippen LogP contribution is -2.11. The van der Waals surface area contributed by atoms with Crippen molar-refractivity contribution in [2.45, 2.75) is 45.4 Å². The number of hydrogen-bond acceptors (Lipinski definition) is 2.